The van der Waals surface area contributed by atoms with E-state index in [4.69, 9.17) is 4.98 Å². The maximum Gasteiger partial charge on any atom is 0.143 e. The minimum absolute atomic E-state index is 0.388. The topological polar surface area (TPSA) is 37.8 Å². The highest BCUT2D eigenvalue weighted by molar-refractivity contribution is 14.1. The molecule has 0 radical (unpaired) electrons. The molecular formula is C13H20IN3. The molecule has 1 heterocycles. The molecule has 0 aliphatic heterocycles. The van der Waals surface area contributed by atoms with Gasteiger partial charge < -0.3 is 5.32 Å². The molecular weight excluding hydrogens is 325 g/mol. The molecule has 94 valence electrons. The van der Waals surface area contributed by atoms with E-state index in [0.717, 1.165) is 11.6 Å². The quantitative estimate of drug-likeness (QED) is 0.845. The van der Waals surface area contributed by atoms with Crippen molar-refractivity contribution in [3.8, 4) is 0 Å². The molecule has 0 unspecified atom stereocenters. The van der Waals surface area contributed by atoms with E-state index in [0.29, 0.717) is 11.8 Å². The van der Waals surface area contributed by atoms with Crippen molar-refractivity contribution in [3.05, 3.63) is 15.1 Å². The van der Waals surface area contributed by atoms with Crippen LogP contribution in [0.15, 0.2) is 0 Å². The van der Waals surface area contributed by atoms with E-state index in [2.05, 4.69) is 46.7 Å². The highest BCUT2D eigenvalue weighted by atomic mass is 127. The molecule has 1 N–H and O–H groups in total. The van der Waals surface area contributed by atoms with Crippen LogP contribution in [0.4, 0.5) is 5.82 Å². The molecule has 0 atom stereocenters. The van der Waals surface area contributed by atoms with Crippen molar-refractivity contribution < 1.29 is 0 Å². The Morgan fingerprint density at radius 3 is 2.41 bits per heavy atom. The van der Waals surface area contributed by atoms with Gasteiger partial charge in [0.2, 0.25) is 0 Å². The first kappa shape index (κ1) is 13.1. The second-order valence-corrected chi connectivity index (χ2v) is 6.09. The molecule has 3 nitrogen and oxygen atoms in total. The predicted octanol–water partition coefficient (Wildman–Crippen LogP) is 3.90. The van der Waals surface area contributed by atoms with E-state index in [1.807, 2.05) is 7.05 Å². The first-order valence-corrected chi connectivity index (χ1v) is 7.46. The fourth-order valence-corrected chi connectivity index (χ4v) is 3.33. The molecule has 0 saturated heterocycles. The summed E-state index contributed by atoms with van der Waals surface area (Å²) >= 11 is 2.38. The van der Waals surface area contributed by atoms with Gasteiger partial charge in [0, 0.05) is 18.9 Å². The molecule has 0 bridgehead atoms. The van der Waals surface area contributed by atoms with Gasteiger partial charge >= 0.3 is 0 Å². The summed E-state index contributed by atoms with van der Waals surface area (Å²) in [4.78, 5) is 9.40. The fraction of sp³-hybridized carbons (Fsp3) is 0.692. The molecule has 0 amide bonds. The van der Waals surface area contributed by atoms with E-state index in [9.17, 15) is 0 Å². The van der Waals surface area contributed by atoms with Crippen molar-refractivity contribution in [3.63, 3.8) is 0 Å². The molecule has 2 rings (SSSR count). The molecule has 0 aromatic carbocycles. The first-order valence-electron chi connectivity index (χ1n) is 6.38. The van der Waals surface area contributed by atoms with E-state index in [1.165, 1.54) is 34.9 Å². The van der Waals surface area contributed by atoms with Crippen LogP contribution in [0.3, 0.4) is 0 Å². The summed E-state index contributed by atoms with van der Waals surface area (Å²) in [6.45, 7) is 4.31. The lowest BCUT2D eigenvalue weighted by Gasteiger charge is -2.16. The number of halogens is 1. The van der Waals surface area contributed by atoms with E-state index >= 15 is 0 Å². The standard InChI is InChI=1S/C13H20IN3/c1-8(2)12-16-11(9-6-4-5-7-9)10(14)13(15-3)17-12/h8-9H,4-7H2,1-3H3,(H,15,16,17). The lowest BCUT2D eigenvalue weighted by atomic mass is 10.0. The summed E-state index contributed by atoms with van der Waals surface area (Å²) in [6.07, 6.45) is 5.26. The number of nitrogens with zero attached hydrogens (tertiary/aromatic N) is 2. The summed E-state index contributed by atoms with van der Waals surface area (Å²) in [5, 5.41) is 3.20. The van der Waals surface area contributed by atoms with Crippen LogP contribution in [0.1, 0.15) is 62.9 Å². The second-order valence-electron chi connectivity index (χ2n) is 5.02. The Hall–Kier alpha value is -0.390. The number of aromatic nitrogens is 2. The number of hydrogen-bond donors (Lipinski definition) is 1. The average Bonchev–Trinajstić information content (AvgIpc) is 2.82. The highest BCUT2D eigenvalue weighted by Gasteiger charge is 2.24. The van der Waals surface area contributed by atoms with Gasteiger partial charge in [-0.15, -0.1) is 0 Å². The van der Waals surface area contributed by atoms with Gasteiger partial charge in [0.05, 0.1) is 9.26 Å². The van der Waals surface area contributed by atoms with Crippen LogP contribution in [0.2, 0.25) is 0 Å². The maximum atomic E-state index is 4.80. The molecule has 4 heteroatoms. The van der Waals surface area contributed by atoms with E-state index in [-0.39, 0.29) is 0 Å². The second kappa shape index (κ2) is 5.50. The number of nitrogens with one attached hydrogen (secondary N) is 1. The summed E-state index contributed by atoms with van der Waals surface area (Å²) in [5.41, 5.74) is 1.27. The average molecular weight is 345 g/mol. The number of anilines is 1. The third-order valence-electron chi connectivity index (χ3n) is 3.39. The minimum atomic E-state index is 0.388. The predicted molar refractivity (Wildman–Crippen MR) is 79.6 cm³/mol. The zero-order chi connectivity index (χ0) is 12.4. The maximum absolute atomic E-state index is 4.80. The Bertz CT molecular complexity index is 398. The van der Waals surface area contributed by atoms with Gasteiger partial charge in [0.25, 0.3) is 0 Å². The highest BCUT2D eigenvalue weighted by Crippen LogP contribution is 2.37. The van der Waals surface area contributed by atoms with Crippen LogP contribution in [0.5, 0.6) is 0 Å². The van der Waals surface area contributed by atoms with Crippen molar-refractivity contribution >= 4 is 28.4 Å². The lowest BCUT2D eigenvalue weighted by molar-refractivity contribution is 0.665. The van der Waals surface area contributed by atoms with Gasteiger partial charge in [-0.2, -0.15) is 0 Å². The molecule has 1 aliphatic rings. The molecule has 1 aromatic heterocycles. The number of rotatable bonds is 3. The smallest absolute Gasteiger partial charge is 0.143 e. The summed E-state index contributed by atoms with van der Waals surface area (Å²) in [7, 11) is 1.94. The summed E-state index contributed by atoms with van der Waals surface area (Å²) in [5.74, 6) is 3.00. The SMILES string of the molecule is CNc1nc(C(C)C)nc(C2CCCC2)c1I. The fourth-order valence-electron chi connectivity index (χ4n) is 2.38. The molecule has 0 spiro atoms. The molecule has 1 saturated carbocycles. The van der Waals surface area contributed by atoms with Gasteiger partial charge in [-0.3, -0.25) is 0 Å². The Balaban J connectivity index is 2.44. The Kier molecular flexibility index (Phi) is 4.22. The van der Waals surface area contributed by atoms with Crippen LogP contribution in [0, 0.1) is 3.57 Å². The monoisotopic (exact) mass is 345 g/mol. The van der Waals surface area contributed by atoms with Crippen molar-refractivity contribution in [2.24, 2.45) is 0 Å². The zero-order valence-corrected chi connectivity index (χ0v) is 12.9. The van der Waals surface area contributed by atoms with E-state index in [1.54, 1.807) is 0 Å². The third-order valence-corrected chi connectivity index (χ3v) is 4.45. The van der Waals surface area contributed by atoms with Crippen molar-refractivity contribution in [1.29, 1.82) is 0 Å². The Labute approximate surface area is 117 Å². The molecule has 1 aromatic rings. The van der Waals surface area contributed by atoms with Crippen LogP contribution < -0.4 is 5.32 Å². The lowest BCUT2D eigenvalue weighted by Crippen LogP contribution is -2.10. The number of hydrogen-bond acceptors (Lipinski definition) is 3. The molecule has 1 aliphatic carbocycles. The first-order chi connectivity index (χ1) is 8.13. The van der Waals surface area contributed by atoms with Crippen molar-refractivity contribution in [1.82, 2.24) is 9.97 Å². The van der Waals surface area contributed by atoms with Crippen molar-refractivity contribution in [2.45, 2.75) is 51.4 Å². The minimum Gasteiger partial charge on any atom is -0.372 e. The van der Waals surface area contributed by atoms with Crippen molar-refractivity contribution in [2.75, 3.05) is 12.4 Å². The zero-order valence-electron chi connectivity index (χ0n) is 10.8. The van der Waals surface area contributed by atoms with Gasteiger partial charge in [-0.1, -0.05) is 26.7 Å². The normalized spacial score (nSPS) is 16.8. The largest absolute Gasteiger partial charge is 0.372 e. The third kappa shape index (κ3) is 2.72. The van der Waals surface area contributed by atoms with Crippen LogP contribution >= 0.6 is 22.6 Å². The van der Waals surface area contributed by atoms with Crippen LogP contribution in [-0.2, 0) is 0 Å². The van der Waals surface area contributed by atoms with Gasteiger partial charge in [0.15, 0.2) is 0 Å². The van der Waals surface area contributed by atoms with Gasteiger partial charge in [-0.05, 0) is 35.4 Å². The molecule has 1 fully saturated rings. The molecule has 17 heavy (non-hydrogen) atoms. The van der Waals surface area contributed by atoms with Crippen LogP contribution in [-0.4, -0.2) is 17.0 Å². The van der Waals surface area contributed by atoms with Crippen LogP contribution in [0.25, 0.3) is 0 Å². The Morgan fingerprint density at radius 1 is 1.24 bits per heavy atom. The van der Waals surface area contributed by atoms with Gasteiger partial charge in [-0.25, -0.2) is 9.97 Å². The summed E-state index contributed by atoms with van der Waals surface area (Å²) in [6, 6.07) is 0. The van der Waals surface area contributed by atoms with E-state index < -0.39 is 0 Å². The summed E-state index contributed by atoms with van der Waals surface area (Å²) < 4.78 is 1.21. The Morgan fingerprint density at radius 2 is 1.88 bits per heavy atom. The van der Waals surface area contributed by atoms with Gasteiger partial charge in [0.1, 0.15) is 11.6 Å².